The summed E-state index contributed by atoms with van der Waals surface area (Å²) in [6, 6.07) is 0.591. The topological polar surface area (TPSA) is 54.4 Å². The molecule has 0 amide bonds. The van der Waals surface area contributed by atoms with Gasteiger partial charge in [0.1, 0.15) is 11.2 Å². The van der Waals surface area contributed by atoms with Gasteiger partial charge in [0, 0.05) is 14.5 Å². The van der Waals surface area contributed by atoms with Crippen LogP contribution in [0.4, 0.5) is 0 Å². The number of carboxylic acids is 1. The molecule has 3 nitrogen and oxygen atoms in total. The van der Waals surface area contributed by atoms with Crippen molar-refractivity contribution >= 4 is 19.8 Å². The van der Waals surface area contributed by atoms with E-state index in [1.54, 1.807) is 0 Å². The molecule has 15 heavy (non-hydrogen) atoms. The Bertz CT molecular complexity index is 280. The molecule has 0 aliphatic heterocycles. The average molecular weight is 228 g/mol. The van der Waals surface area contributed by atoms with Crippen LogP contribution in [0.2, 0.25) is 25.7 Å². The first kappa shape index (κ1) is 12.4. The second kappa shape index (κ2) is 4.08. The van der Waals surface area contributed by atoms with E-state index in [1.165, 1.54) is 0 Å². The lowest BCUT2D eigenvalue weighted by atomic mass is 9.74. The Labute approximate surface area is 91.9 Å². The Balaban J connectivity index is 2.96. The van der Waals surface area contributed by atoms with Crippen LogP contribution in [-0.4, -0.2) is 24.9 Å². The molecule has 1 atom stereocenters. The van der Waals surface area contributed by atoms with Crippen molar-refractivity contribution in [2.75, 3.05) is 0 Å². The quantitative estimate of drug-likeness (QED) is 0.596. The third kappa shape index (κ3) is 2.68. The van der Waals surface area contributed by atoms with Crippen LogP contribution in [-0.2, 0) is 9.59 Å². The molecule has 0 aromatic rings. The van der Waals surface area contributed by atoms with Crippen molar-refractivity contribution in [2.24, 2.45) is 5.41 Å². The molecule has 0 aromatic heterocycles. The SMILES string of the molecule is C[Si](C)(C)CC1(C(=O)O)CCCCC1=O. The molecule has 86 valence electrons. The maximum Gasteiger partial charge on any atom is 0.316 e. The van der Waals surface area contributed by atoms with Gasteiger partial charge in [-0.05, 0) is 18.9 Å². The van der Waals surface area contributed by atoms with Crippen LogP contribution >= 0.6 is 0 Å². The molecule has 0 bridgehead atoms. The van der Waals surface area contributed by atoms with E-state index in [4.69, 9.17) is 0 Å². The normalized spacial score (nSPS) is 27.8. The second-order valence-electron chi connectivity index (χ2n) is 5.75. The number of hydrogen-bond donors (Lipinski definition) is 1. The molecule has 1 N–H and O–H groups in total. The summed E-state index contributed by atoms with van der Waals surface area (Å²) in [7, 11) is -1.52. The van der Waals surface area contributed by atoms with Crippen LogP contribution in [0.25, 0.3) is 0 Å². The third-order valence-corrected chi connectivity index (χ3v) is 4.70. The van der Waals surface area contributed by atoms with E-state index in [-0.39, 0.29) is 5.78 Å². The first-order chi connectivity index (χ1) is 6.78. The maximum absolute atomic E-state index is 11.9. The summed E-state index contributed by atoms with van der Waals surface area (Å²) < 4.78 is 0. The van der Waals surface area contributed by atoms with Crippen molar-refractivity contribution in [1.82, 2.24) is 0 Å². The van der Waals surface area contributed by atoms with Crippen molar-refractivity contribution in [3.63, 3.8) is 0 Å². The first-order valence-corrected chi connectivity index (χ1v) is 9.25. The lowest BCUT2D eigenvalue weighted by Gasteiger charge is -2.35. The van der Waals surface area contributed by atoms with Crippen molar-refractivity contribution in [2.45, 2.75) is 51.4 Å². The number of hydrogen-bond acceptors (Lipinski definition) is 2. The zero-order chi connectivity index (χ0) is 11.7. The Morgan fingerprint density at radius 1 is 1.40 bits per heavy atom. The molecule has 0 saturated heterocycles. The lowest BCUT2D eigenvalue weighted by Crippen LogP contribution is -2.46. The van der Waals surface area contributed by atoms with Crippen molar-refractivity contribution in [3.8, 4) is 0 Å². The van der Waals surface area contributed by atoms with E-state index < -0.39 is 19.5 Å². The number of rotatable bonds is 3. The number of carbonyl (C=O) groups excluding carboxylic acids is 1. The van der Waals surface area contributed by atoms with Gasteiger partial charge in [0.15, 0.2) is 0 Å². The monoisotopic (exact) mass is 228 g/mol. The van der Waals surface area contributed by atoms with Gasteiger partial charge in [-0.2, -0.15) is 0 Å². The van der Waals surface area contributed by atoms with Crippen LogP contribution < -0.4 is 0 Å². The van der Waals surface area contributed by atoms with E-state index in [2.05, 4.69) is 19.6 Å². The molecule has 1 rings (SSSR count). The Kier molecular flexibility index (Phi) is 3.38. The van der Waals surface area contributed by atoms with Gasteiger partial charge in [0.05, 0.1) is 0 Å². The predicted octanol–water partition coefficient (Wildman–Crippen LogP) is 2.54. The lowest BCUT2D eigenvalue weighted by molar-refractivity contribution is -0.155. The van der Waals surface area contributed by atoms with Gasteiger partial charge >= 0.3 is 5.97 Å². The van der Waals surface area contributed by atoms with E-state index in [0.29, 0.717) is 18.9 Å². The summed E-state index contributed by atoms with van der Waals surface area (Å²) in [6.07, 6.45) is 2.74. The van der Waals surface area contributed by atoms with Crippen molar-refractivity contribution < 1.29 is 14.7 Å². The number of Topliss-reactive ketones (excluding diaryl/α,β-unsaturated/α-hetero) is 1. The fourth-order valence-electron chi connectivity index (χ4n) is 2.49. The van der Waals surface area contributed by atoms with E-state index in [0.717, 1.165) is 12.8 Å². The molecule has 4 heteroatoms. The Hall–Kier alpha value is -0.643. The van der Waals surface area contributed by atoms with Gasteiger partial charge in [0.2, 0.25) is 0 Å². The summed E-state index contributed by atoms with van der Waals surface area (Å²) in [5.74, 6) is -0.932. The molecule has 0 spiro atoms. The highest BCUT2D eigenvalue weighted by molar-refractivity contribution is 6.76. The minimum Gasteiger partial charge on any atom is -0.481 e. The molecule has 0 heterocycles. The minimum absolute atomic E-state index is 0.0383. The van der Waals surface area contributed by atoms with E-state index >= 15 is 0 Å². The van der Waals surface area contributed by atoms with Crippen LogP contribution in [0.3, 0.4) is 0 Å². The molecule has 0 aromatic carbocycles. The summed E-state index contributed by atoms with van der Waals surface area (Å²) in [4.78, 5) is 23.2. The zero-order valence-corrected chi connectivity index (χ0v) is 10.8. The average Bonchev–Trinajstić information content (AvgIpc) is 2.06. The van der Waals surface area contributed by atoms with Crippen molar-refractivity contribution in [3.05, 3.63) is 0 Å². The smallest absolute Gasteiger partial charge is 0.316 e. The minimum atomic E-state index is -1.52. The van der Waals surface area contributed by atoms with Gasteiger partial charge in [-0.25, -0.2) is 0 Å². The van der Waals surface area contributed by atoms with Gasteiger partial charge < -0.3 is 5.11 Å². The predicted molar refractivity (Wildman–Crippen MR) is 61.7 cm³/mol. The van der Waals surface area contributed by atoms with Gasteiger partial charge in [-0.1, -0.05) is 26.1 Å². The summed E-state index contributed by atoms with van der Waals surface area (Å²) >= 11 is 0. The van der Waals surface area contributed by atoms with E-state index in [9.17, 15) is 14.7 Å². The van der Waals surface area contributed by atoms with Crippen LogP contribution in [0.1, 0.15) is 25.7 Å². The van der Waals surface area contributed by atoms with Crippen LogP contribution in [0, 0.1) is 5.41 Å². The molecular formula is C11H20O3Si. The van der Waals surface area contributed by atoms with E-state index in [1.807, 2.05) is 0 Å². The molecular weight excluding hydrogens is 208 g/mol. The first-order valence-electron chi connectivity index (χ1n) is 5.55. The molecule has 0 radical (unpaired) electrons. The van der Waals surface area contributed by atoms with Crippen LogP contribution in [0.15, 0.2) is 0 Å². The number of aliphatic carboxylic acids is 1. The highest BCUT2D eigenvalue weighted by atomic mass is 28.3. The van der Waals surface area contributed by atoms with Gasteiger partial charge in [0.25, 0.3) is 0 Å². The molecule has 1 aliphatic rings. The summed E-state index contributed by atoms with van der Waals surface area (Å²) in [6.45, 7) is 6.37. The number of ketones is 1. The Morgan fingerprint density at radius 2 is 2.00 bits per heavy atom. The van der Waals surface area contributed by atoms with Gasteiger partial charge in [-0.15, -0.1) is 0 Å². The molecule has 1 saturated carbocycles. The second-order valence-corrected chi connectivity index (χ2v) is 11.2. The summed E-state index contributed by atoms with van der Waals surface area (Å²) in [5.41, 5.74) is -1.04. The fraction of sp³-hybridized carbons (Fsp3) is 0.818. The summed E-state index contributed by atoms with van der Waals surface area (Å²) in [5, 5.41) is 9.32. The largest absolute Gasteiger partial charge is 0.481 e. The zero-order valence-electron chi connectivity index (χ0n) is 9.80. The fourth-order valence-corrected chi connectivity index (χ4v) is 4.82. The van der Waals surface area contributed by atoms with Crippen molar-refractivity contribution in [1.29, 1.82) is 0 Å². The highest BCUT2D eigenvalue weighted by Gasteiger charge is 2.48. The van der Waals surface area contributed by atoms with Gasteiger partial charge in [-0.3, -0.25) is 9.59 Å². The molecule has 1 unspecified atom stereocenters. The Morgan fingerprint density at radius 3 is 2.40 bits per heavy atom. The highest BCUT2D eigenvalue weighted by Crippen LogP contribution is 2.40. The number of carbonyl (C=O) groups is 2. The third-order valence-electron chi connectivity index (χ3n) is 3.03. The maximum atomic E-state index is 11.9. The molecule has 1 fully saturated rings. The number of carboxylic acid groups (broad SMARTS) is 1. The molecule has 1 aliphatic carbocycles. The van der Waals surface area contributed by atoms with Crippen LogP contribution in [0.5, 0.6) is 0 Å². The standard InChI is InChI=1S/C11H20O3Si/c1-15(2,3)8-11(10(13)14)7-5-4-6-9(11)12/h4-8H2,1-3H3,(H,13,14).